The first kappa shape index (κ1) is 13.1. The van der Waals surface area contributed by atoms with Crippen molar-refractivity contribution in [2.75, 3.05) is 19.8 Å². The van der Waals surface area contributed by atoms with Crippen LogP contribution >= 0.6 is 0 Å². The van der Waals surface area contributed by atoms with Crippen LogP contribution in [0.2, 0.25) is 0 Å². The minimum absolute atomic E-state index is 0.0111. The highest BCUT2D eigenvalue weighted by molar-refractivity contribution is 5.01. The largest absolute Gasteiger partial charge is 0.381 e. The molecule has 2 aliphatic heterocycles. The van der Waals surface area contributed by atoms with E-state index in [1.54, 1.807) is 6.20 Å². The summed E-state index contributed by atoms with van der Waals surface area (Å²) in [6.07, 6.45) is 7.61. The van der Waals surface area contributed by atoms with Gasteiger partial charge >= 0.3 is 0 Å². The molecule has 106 valence electrons. The Labute approximate surface area is 113 Å². The van der Waals surface area contributed by atoms with Crippen molar-refractivity contribution >= 4 is 0 Å². The molecule has 6 nitrogen and oxygen atoms in total. The first-order chi connectivity index (χ1) is 9.33. The Morgan fingerprint density at radius 1 is 1.42 bits per heavy atom. The predicted octanol–water partition coefficient (Wildman–Crippen LogP) is 0.890. The summed E-state index contributed by atoms with van der Waals surface area (Å²) in [7, 11) is 0. The molecule has 4 N–H and O–H groups in total. The molecular formula is C13H22N4O2. The molecule has 0 saturated carbocycles. The van der Waals surface area contributed by atoms with E-state index in [1.165, 1.54) is 0 Å². The van der Waals surface area contributed by atoms with Crippen LogP contribution in [-0.2, 0) is 9.47 Å². The minimum Gasteiger partial charge on any atom is -0.381 e. The van der Waals surface area contributed by atoms with E-state index in [-0.39, 0.29) is 11.6 Å². The number of aromatic nitrogens is 2. The fourth-order valence-electron chi connectivity index (χ4n) is 3.33. The van der Waals surface area contributed by atoms with Crippen LogP contribution in [0.3, 0.4) is 0 Å². The zero-order valence-corrected chi connectivity index (χ0v) is 11.1. The Balaban J connectivity index is 1.73. The molecule has 2 unspecified atom stereocenters. The van der Waals surface area contributed by atoms with Gasteiger partial charge in [-0.2, -0.15) is 0 Å². The summed E-state index contributed by atoms with van der Waals surface area (Å²) in [5.74, 6) is 7.10. The van der Waals surface area contributed by atoms with Gasteiger partial charge in [-0.25, -0.2) is 10.4 Å². The second-order valence-electron chi connectivity index (χ2n) is 5.52. The normalized spacial score (nSPS) is 28.4. The zero-order chi connectivity index (χ0) is 13.1. The van der Waals surface area contributed by atoms with Gasteiger partial charge in [0.1, 0.15) is 5.82 Å². The highest BCUT2D eigenvalue weighted by Gasteiger charge is 2.41. The van der Waals surface area contributed by atoms with Crippen molar-refractivity contribution in [2.24, 2.45) is 11.8 Å². The van der Waals surface area contributed by atoms with Gasteiger partial charge in [0.15, 0.2) is 0 Å². The molecular weight excluding hydrogens is 244 g/mol. The third-order valence-corrected chi connectivity index (χ3v) is 4.40. The maximum atomic E-state index is 6.07. The number of imidazole rings is 1. The van der Waals surface area contributed by atoms with E-state index in [0.29, 0.717) is 5.92 Å². The fraction of sp³-hybridized carbons (Fsp3) is 0.769. The van der Waals surface area contributed by atoms with Crippen LogP contribution < -0.4 is 11.3 Å². The first-order valence-corrected chi connectivity index (χ1v) is 7.00. The predicted molar refractivity (Wildman–Crippen MR) is 70.1 cm³/mol. The third-order valence-electron chi connectivity index (χ3n) is 4.40. The number of rotatable bonds is 3. The molecule has 6 heteroatoms. The lowest BCUT2D eigenvalue weighted by molar-refractivity contribution is -0.150. The molecule has 2 saturated heterocycles. The summed E-state index contributed by atoms with van der Waals surface area (Å²) < 4.78 is 11.5. The third kappa shape index (κ3) is 2.67. The highest BCUT2D eigenvalue weighted by Crippen LogP contribution is 2.40. The van der Waals surface area contributed by atoms with Crippen molar-refractivity contribution in [3.05, 3.63) is 18.2 Å². The van der Waals surface area contributed by atoms with E-state index in [9.17, 15) is 0 Å². The molecule has 19 heavy (non-hydrogen) atoms. The Kier molecular flexibility index (Phi) is 3.83. The molecule has 3 heterocycles. The number of hydrogen-bond donors (Lipinski definition) is 3. The lowest BCUT2D eigenvalue weighted by atomic mass is 9.77. The number of hydrogen-bond acceptors (Lipinski definition) is 5. The average molecular weight is 266 g/mol. The number of aromatic amines is 1. The molecule has 0 bridgehead atoms. The number of nitrogens with one attached hydrogen (secondary N) is 2. The van der Waals surface area contributed by atoms with Gasteiger partial charge < -0.3 is 14.5 Å². The van der Waals surface area contributed by atoms with Crippen LogP contribution in [0.4, 0.5) is 0 Å². The van der Waals surface area contributed by atoms with Gasteiger partial charge in [-0.3, -0.25) is 5.84 Å². The summed E-state index contributed by atoms with van der Waals surface area (Å²) in [4.78, 5) is 7.49. The van der Waals surface area contributed by atoms with Crippen LogP contribution in [0.15, 0.2) is 12.4 Å². The SMILES string of the molecule is NNC(c1ncc[nH]1)C1CCOC2(CCOCC2)C1. The fourth-order valence-corrected chi connectivity index (χ4v) is 3.33. The summed E-state index contributed by atoms with van der Waals surface area (Å²) in [5.41, 5.74) is 2.90. The lowest BCUT2D eigenvalue weighted by Gasteiger charge is -2.44. The number of nitrogens with zero attached hydrogens (tertiary/aromatic N) is 1. The standard InChI is InChI=1S/C13H22N4O2/c14-17-11(12-15-4-5-16-12)10-1-6-19-13(9-10)2-7-18-8-3-13/h4-5,10-11,17H,1-3,6-9,14H2,(H,15,16). The summed E-state index contributed by atoms with van der Waals surface area (Å²) in [6, 6.07) is 0.0682. The smallest absolute Gasteiger partial charge is 0.124 e. The Morgan fingerprint density at radius 2 is 2.26 bits per heavy atom. The molecule has 2 atom stereocenters. The van der Waals surface area contributed by atoms with E-state index in [2.05, 4.69) is 15.4 Å². The molecule has 0 aliphatic carbocycles. The van der Waals surface area contributed by atoms with Gasteiger partial charge in [-0.05, 0) is 31.6 Å². The lowest BCUT2D eigenvalue weighted by Crippen LogP contribution is -2.48. The van der Waals surface area contributed by atoms with Crippen LogP contribution in [0.5, 0.6) is 0 Å². The Hall–Kier alpha value is -0.950. The number of nitrogens with two attached hydrogens (primary N) is 1. The van der Waals surface area contributed by atoms with Crippen molar-refractivity contribution < 1.29 is 9.47 Å². The molecule has 2 aliphatic rings. The maximum absolute atomic E-state index is 6.07. The molecule has 1 spiro atoms. The molecule has 3 rings (SSSR count). The van der Waals surface area contributed by atoms with Crippen LogP contribution in [-0.4, -0.2) is 35.4 Å². The molecule has 1 aromatic rings. The van der Waals surface area contributed by atoms with Gasteiger partial charge in [0.25, 0.3) is 0 Å². The van der Waals surface area contributed by atoms with E-state index in [4.69, 9.17) is 15.3 Å². The van der Waals surface area contributed by atoms with Gasteiger partial charge in [0.05, 0.1) is 11.6 Å². The van der Waals surface area contributed by atoms with Crippen molar-refractivity contribution in [3.63, 3.8) is 0 Å². The van der Waals surface area contributed by atoms with Crippen LogP contribution in [0.25, 0.3) is 0 Å². The first-order valence-electron chi connectivity index (χ1n) is 7.00. The molecule has 2 fully saturated rings. The van der Waals surface area contributed by atoms with Crippen LogP contribution in [0, 0.1) is 5.92 Å². The minimum atomic E-state index is -0.0111. The van der Waals surface area contributed by atoms with E-state index in [0.717, 1.165) is 51.3 Å². The van der Waals surface area contributed by atoms with Crippen molar-refractivity contribution in [1.82, 2.24) is 15.4 Å². The van der Waals surface area contributed by atoms with Gasteiger partial charge in [0.2, 0.25) is 0 Å². The van der Waals surface area contributed by atoms with E-state index in [1.807, 2.05) is 6.20 Å². The summed E-state index contributed by atoms with van der Waals surface area (Å²) in [6.45, 7) is 2.39. The highest BCUT2D eigenvalue weighted by atomic mass is 16.5. The molecule has 1 aromatic heterocycles. The second kappa shape index (κ2) is 5.58. The molecule has 0 amide bonds. The quantitative estimate of drug-likeness (QED) is 0.559. The van der Waals surface area contributed by atoms with Gasteiger partial charge in [-0.15, -0.1) is 0 Å². The maximum Gasteiger partial charge on any atom is 0.124 e. The monoisotopic (exact) mass is 266 g/mol. The van der Waals surface area contributed by atoms with Crippen molar-refractivity contribution in [1.29, 1.82) is 0 Å². The van der Waals surface area contributed by atoms with Gasteiger partial charge in [0, 0.05) is 32.2 Å². The number of hydrazine groups is 1. The molecule has 0 aromatic carbocycles. The Bertz CT molecular complexity index is 384. The number of ether oxygens (including phenoxy) is 2. The second-order valence-corrected chi connectivity index (χ2v) is 5.52. The Morgan fingerprint density at radius 3 is 2.95 bits per heavy atom. The van der Waals surface area contributed by atoms with E-state index < -0.39 is 0 Å². The summed E-state index contributed by atoms with van der Waals surface area (Å²) >= 11 is 0. The van der Waals surface area contributed by atoms with Crippen molar-refractivity contribution in [3.8, 4) is 0 Å². The van der Waals surface area contributed by atoms with Gasteiger partial charge in [-0.1, -0.05) is 0 Å². The van der Waals surface area contributed by atoms with Crippen LogP contribution in [0.1, 0.15) is 37.5 Å². The number of H-pyrrole nitrogens is 1. The summed E-state index contributed by atoms with van der Waals surface area (Å²) in [5, 5.41) is 0. The topological polar surface area (TPSA) is 85.2 Å². The zero-order valence-electron chi connectivity index (χ0n) is 11.1. The average Bonchev–Trinajstić information content (AvgIpc) is 2.95. The van der Waals surface area contributed by atoms with E-state index >= 15 is 0 Å². The van der Waals surface area contributed by atoms with Crippen molar-refractivity contribution in [2.45, 2.75) is 37.3 Å². The molecule has 0 radical (unpaired) electrons.